The first-order valence-electron chi connectivity index (χ1n) is 4.26. The lowest BCUT2D eigenvalue weighted by molar-refractivity contribution is -0.685. The lowest BCUT2D eigenvalue weighted by Crippen LogP contribution is -2.30. The van der Waals surface area contributed by atoms with Crippen molar-refractivity contribution in [1.29, 1.82) is 0 Å². The highest BCUT2D eigenvalue weighted by Crippen LogP contribution is 2.20. The number of hydrogen-bond acceptors (Lipinski definition) is 5. The number of aromatic nitrogens is 1. The first-order chi connectivity index (χ1) is 7.61. The first kappa shape index (κ1) is 14.7. The van der Waals surface area contributed by atoms with Crippen LogP contribution in [0.4, 0.5) is 13.2 Å². The normalized spacial score (nSPS) is 19.5. The van der Waals surface area contributed by atoms with E-state index in [1.165, 1.54) is 5.69 Å². The number of nitrogens with zero attached hydrogens (tertiary/aromatic N) is 1. The van der Waals surface area contributed by atoms with Gasteiger partial charge >= 0.3 is 5.51 Å². The minimum Gasteiger partial charge on any atom is -0.741 e. The third kappa shape index (κ3) is 4.12. The summed E-state index contributed by atoms with van der Waals surface area (Å²) in [6.45, 7) is 1.10. The molecule has 0 fully saturated rings. The van der Waals surface area contributed by atoms with Gasteiger partial charge in [-0.3, -0.25) is 0 Å². The van der Waals surface area contributed by atoms with Crippen molar-refractivity contribution in [3.05, 3.63) is 16.6 Å². The molecule has 1 atom stereocenters. The molecule has 2 heterocycles. The third-order valence-electron chi connectivity index (χ3n) is 1.90. The highest BCUT2D eigenvalue weighted by molar-refractivity contribution is 7.86. The fourth-order valence-electron chi connectivity index (χ4n) is 1.18. The van der Waals surface area contributed by atoms with Crippen LogP contribution in [0, 0.1) is 0 Å². The molecule has 1 aliphatic heterocycles. The summed E-state index contributed by atoms with van der Waals surface area (Å²) in [4.78, 5) is 0. The minimum atomic E-state index is -6.09. The van der Waals surface area contributed by atoms with Crippen LogP contribution in [0.3, 0.4) is 0 Å². The standard InChI is InChI=1S/C6H7NS2.CHF3O3S/c8-6-1-5-3-9-4-7(5)2-6;2-1(3,4)8(5,6)7/h3-4,6H,1-2H2;(H,5,6,7). The van der Waals surface area contributed by atoms with E-state index in [-0.39, 0.29) is 0 Å². The molecular weight excluding hydrogens is 299 g/mol. The Hall–Kier alpha value is -0.320. The van der Waals surface area contributed by atoms with Crippen LogP contribution < -0.4 is 4.57 Å². The summed E-state index contributed by atoms with van der Waals surface area (Å²) in [5.41, 5.74) is -2.04. The maximum absolute atomic E-state index is 10.7. The van der Waals surface area contributed by atoms with Crippen molar-refractivity contribution in [1.82, 2.24) is 0 Å². The summed E-state index contributed by atoms with van der Waals surface area (Å²) < 4.78 is 61.2. The van der Waals surface area contributed by atoms with E-state index in [9.17, 15) is 13.2 Å². The number of halogens is 3. The molecule has 0 bridgehead atoms. The zero-order valence-corrected chi connectivity index (χ0v) is 10.7. The van der Waals surface area contributed by atoms with Crippen LogP contribution in [0.1, 0.15) is 5.69 Å². The lowest BCUT2D eigenvalue weighted by atomic mass is 10.3. The molecule has 17 heavy (non-hydrogen) atoms. The highest BCUT2D eigenvalue weighted by atomic mass is 32.2. The van der Waals surface area contributed by atoms with E-state index in [4.69, 9.17) is 13.0 Å². The second-order valence-corrected chi connectivity index (χ2v) is 6.08. The average Bonchev–Trinajstić information content (AvgIpc) is 2.60. The monoisotopic (exact) mass is 307 g/mol. The van der Waals surface area contributed by atoms with Crippen LogP contribution in [0.2, 0.25) is 0 Å². The molecule has 0 saturated carbocycles. The van der Waals surface area contributed by atoms with Crippen LogP contribution >= 0.6 is 24.0 Å². The Morgan fingerprint density at radius 3 is 2.47 bits per heavy atom. The number of thiazole rings is 1. The summed E-state index contributed by atoms with van der Waals surface area (Å²) in [6.07, 6.45) is 1.15. The summed E-state index contributed by atoms with van der Waals surface area (Å²) in [5.74, 6) is 0. The van der Waals surface area contributed by atoms with Crippen molar-refractivity contribution < 1.29 is 30.7 Å². The Bertz CT molecular complexity index is 462. The van der Waals surface area contributed by atoms with Crippen LogP contribution in [0.25, 0.3) is 0 Å². The molecule has 0 N–H and O–H groups in total. The van der Waals surface area contributed by atoms with E-state index >= 15 is 0 Å². The summed E-state index contributed by atoms with van der Waals surface area (Å²) >= 11 is 6.16. The van der Waals surface area contributed by atoms with E-state index in [0.29, 0.717) is 5.25 Å². The molecule has 0 aromatic carbocycles. The van der Waals surface area contributed by atoms with Gasteiger partial charge in [0.05, 0.1) is 17.1 Å². The molecule has 1 aliphatic rings. The maximum atomic E-state index is 10.7. The molecule has 10 heteroatoms. The SMILES string of the molecule is O=S(=O)([O-])C(F)(F)F.SC1Cc2csc[n+]2C1. The predicted octanol–water partition coefficient (Wildman–Crippen LogP) is 0.942. The van der Waals surface area contributed by atoms with Gasteiger partial charge in [0, 0.05) is 0 Å². The van der Waals surface area contributed by atoms with Gasteiger partial charge < -0.3 is 4.55 Å². The lowest BCUT2D eigenvalue weighted by Gasteiger charge is -2.08. The van der Waals surface area contributed by atoms with Crippen LogP contribution in [0.5, 0.6) is 0 Å². The second kappa shape index (κ2) is 5.12. The van der Waals surface area contributed by atoms with E-state index < -0.39 is 15.6 Å². The van der Waals surface area contributed by atoms with Crippen molar-refractivity contribution in [2.24, 2.45) is 0 Å². The Morgan fingerprint density at radius 2 is 2.06 bits per heavy atom. The fourth-order valence-corrected chi connectivity index (χ4v) is 2.36. The van der Waals surface area contributed by atoms with Crippen molar-refractivity contribution in [3.8, 4) is 0 Å². The molecule has 0 radical (unpaired) electrons. The molecule has 0 spiro atoms. The summed E-state index contributed by atoms with van der Waals surface area (Å²) in [7, 11) is -6.09. The molecule has 1 unspecified atom stereocenters. The molecule has 0 amide bonds. The first-order valence-corrected chi connectivity index (χ1v) is 7.12. The number of hydrogen-bond donors (Lipinski definition) is 1. The predicted molar refractivity (Wildman–Crippen MR) is 56.7 cm³/mol. The average molecular weight is 307 g/mol. The van der Waals surface area contributed by atoms with Crippen LogP contribution in [-0.4, -0.2) is 23.7 Å². The van der Waals surface area contributed by atoms with E-state index in [2.05, 4.69) is 28.1 Å². The second-order valence-electron chi connectivity index (χ2n) is 3.26. The Labute approximate surface area is 105 Å². The number of rotatable bonds is 0. The molecule has 98 valence electrons. The van der Waals surface area contributed by atoms with Gasteiger partial charge in [-0.2, -0.15) is 30.4 Å². The molecule has 0 saturated heterocycles. The molecule has 4 nitrogen and oxygen atoms in total. The van der Waals surface area contributed by atoms with Crippen LogP contribution in [0.15, 0.2) is 10.9 Å². The van der Waals surface area contributed by atoms with Crippen molar-refractivity contribution in [2.45, 2.75) is 23.7 Å². The Balaban J connectivity index is 0.000000172. The zero-order chi connectivity index (χ0) is 13.3. The van der Waals surface area contributed by atoms with E-state index in [1.807, 2.05) is 0 Å². The number of thiol groups is 1. The van der Waals surface area contributed by atoms with Gasteiger partial charge in [0.2, 0.25) is 5.51 Å². The minimum absolute atomic E-state index is 0.563. The van der Waals surface area contributed by atoms with Crippen molar-refractivity contribution in [3.63, 3.8) is 0 Å². The highest BCUT2D eigenvalue weighted by Gasteiger charge is 2.36. The van der Waals surface area contributed by atoms with Gasteiger partial charge in [-0.15, -0.1) is 0 Å². The van der Waals surface area contributed by atoms with E-state index in [0.717, 1.165) is 13.0 Å². The van der Waals surface area contributed by atoms with Gasteiger partial charge in [-0.1, -0.05) is 11.3 Å². The van der Waals surface area contributed by atoms with Gasteiger partial charge in [0.1, 0.15) is 0 Å². The van der Waals surface area contributed by atoms with Crippen molar-refractivity contribution >= 4 is 34.1 Å². The van der Waals surface area contributed by atoms with Crippen molar-refractivity contribution in [2.75, 3.05) is 0 Å². The van der Waals surface area contributed by atoms with Gasteiger partial charge in [0.25, 0.3) is 0 Å². The van der Waals surface area contributed by atoms with Gasteiger partial charge in [-0.25, -0.2) is 8.42 Å². The molecule has 2 rings (SSSR count). The topological polar surface area (TPSA) is 61.1 Å². The quantitative estimate of drug-likeness (QED) is 0.336. The van der Waals surface area contributed by atoms with Crippen LogP contribution in [-0.2, 0) is 23.1 Å². The fraction of sp³-hybridized carbons (Fsp3) is 0.571. The molecule has 1 aromatic rings. The molecule has 1 aromatic heterocycles. The largest absolute Gasteiger partial charge is 0.741 e. The molecule has 0 aliphatic carbocycles. The number of fused-ring (bicyclic) bond motifs is 1. The third-order valence-corrected chi connectivity index (χ3v) is 3.59. The Kier molecular flexibility index (Phi) is 4.44. The molecular formula is C7H8F3NO3S3. The van der Waals surface area contributed by atoms with Gasteiger partial charge in [-0.05, 0) is 0 Å². The maximum Gasteiger partial charge on any atom is 0.485 e. The van der Waals surface area contributed by atoms with Gasteiger partial charge in [0.15, 0.2) is 22.4 Å². The zero-order valence-electron chi connectivity index (χ0n) is 8.22. The summed E-state index contributed by atoms with van der Waals surface area (Å²) in [6, 6.07) is 0. The smallest absolute Gasteiger partial charge is 0.485 e. The van der Waals surface area contributed by atoms with E-state index in [1.54, 1.807) is 11.3 Å². The number of alkyl halides is 3. The summed E-state index contributed by atoms with van der Waals surface area (Å²) in [5, 5.41) is 2.77. The Morgan fingerprint density at radius 1 is 1.53 bits per heavy atom.